The molecule has 0 aliphatic carbocycles. The van der Waals surface area contributed by atoms with Crippen LogP contribution in [0.2, 0.25) is 0 Å². The van der Waals surface area contributed by atoms with Crippen molar-refractivity contribution >= 4 is 5.82 Å². The lowest BCUT2D eigenvalue weighted by molar-refractivity contribution is 0.627. The average Bonchev–Trinajstić information content (AvgIpc) is 2.47. The molecule has 0 saturated carbocycles. The summed E-state index contributed by atoms with van der Waals surface area (Å²) < 4.78 is 14.5. The highest BCUT2D eigenvalue weighted by Gasteiger charge is 2.02. The van der Waals surface area contributed by atoms with E-state index >= 15 is 0 Å². The van der Waals surface area contributed by atoms with Gasteiger partial charge < -0.3 is 10.3 Å². The smallest absolute Gasteiger partial charge is 0.142 e. The Balaban J connectivity index is 2.49. The number of nitrogens with two attached hydrogens (primary N) is 1. The van der Waals surface area contributed by atoms with E-state index in [2.05, 4.69) is 4.98 Å². The summed E-state index contributed by atoms with van der Waals surface area (Å²) in [5.41, 5.74) is 6.40. The molecule has 0 bridgehead atoms. The lowest BCUT2D eigenvalue weighted by atomic mass is 10.3. The molecule has 2 rings (SSSR count). The molecule has 0 saturated heterocycles. The van der Waals surface area contributed by atoms with E-state index in [0.29, 0.717) is 5.82 Å². The van der Waals surface area contributed by atoms with Gasteiger partial charge in [-0.2, -0.15) is 0 Å². The summed E-state index contributed by atoms with van der Waals surface area (Å²) in [6, 6.07) is 6.18. The molecule has 0 spiro atoms. The number of aromatic nitrogens is 2. The molecule has 3 nitrogen and oxygen atoms in total. The molecule has 0 unspecified atom stereocenters. The highest BCUT2D eigenvalue weighted by Crippen LogP contribution is 2.13. The summed E-state index contributed by atoms with van der Waals surface area (Å²) in [6.07, 6.45) is 1.71. The fraction of sp³-hybridized carbons (Fsp3) is 0.100. The van der Waals surface area contributed by atoms with Crippen LogP contribution < -0.4 is 5.73 Å². The zero-order valence-electron chi connectivity index (χ0n) is 7.74. The van der Waals surface area contributed by atoms with E-state index in [9.17, 15) is 4.39 Å². The van der Waals surface area contributed by atoms with Gasteiger partial charge in [0, 0.05) is 5.69 Å². The quantitative estimate of drug-likeness (QED) is 0.748. The number of hydrogen-bond acceptors (Lipinski definition) is 2. The van der Waals surface area contributed by atoms with Crippen LogP contribution in [0.15, 0.2) is 30.5 Å². The number of halogens is 1. The minimum Gasteiger partial charge on any atom is -0.382 e. The average molecular weight is 191 g/mol. The van der Waals surface area contributed by atoms with E-state index in [1.54, 1.807) is 18.3 Å². The Morgan fingerprint density at radius 3 is 2.43 bits per heavy atom. The molecule has 0 radical (unpaired) electrons. The second-order valence-electron chi connectivity index (χ2n) is 3.06. The number of hydrogen-bond donors (Lipinski definition) is 1. The minimum atomic E-state index is -0.250. The van der Waals surface area contributed by atoms with E-state index in [1.807, 2.05) is 11.5 Å². The molecule has 0 aliphatic heterocycles. The third-order valence-electron chi connectivity index (χ3n) is 2.01. The van der Waals surface area contributed by atoms with Gasteiger partial charge in [0.1, 0.15) is 17.5 Å². The molecule has 72 valence electrons. The zero-order valence-corrected chi connectivity index (χ0v) is 7.74. The molecule has 0 atom stereocenters. The van der Waals surface area contributed by atoms with Crippen molar-refractivity contribution in [3.05, 3.63) is 42.1 Å². The minimum absolute atomic E-state index is 0.250. The van der Waals surface area contributed by atoms with Gasteiger partial charge in [0.15, 0.2) is 0 Å². The lowest BCUT2D eigenvalue weighted by Gasteiger charge is -2.03. The predicted molar refractivity (Wildman–Crippen MR) is 52.7 cm³/mol. The molecule has 0 fully saturated rings. The van der Waals surface area contributed by atoms with Gasteiger partial charge >= 0.3 is 0 Å². The summed E-state index contributed by atoms with van der Waals surface area (Å²) in [4.78, 5) is 4.06. The lowest BCUT2D eigenvalue weighted by Crippen LogP contribution is -1.94. The van der Waals surface area contributed by atoms with Crippen molar-refractivity contribution in [2.45, 2.75) is 6.92 Å². The normalized spacial score (nSPS) is 10.4. The molecule has 14 heavy (non-hydrogen) atoms. The summed E-state index contributed by atoms with van der Waals surface area (Å²) >= 11 is 0. The Labute approximate surface area is 81.0 Å². The van der Waals surface area contributed by atoms with Crippen LogP contribution in [-0.2, 0) is 0 Å². The second kappa shape index (κ2) is 3.14. The Bertz CT molecular complexity index is 445. The van der Waals surface area contributed by atoms with Gasteiger partial charge in [0.25, 0.3) is 0 Å². The first-order valence-corrected chi connectivity index (χ1v) is 4.24. The fourth-order valence-electron chi connectivity index (χ4n) is 1.36. The molecule has 1 aromatic heterocycles. The number of imidazole rings is 1. The van der Waals surface area contributed by atoms with E-state index in [1.165, 1.54) is 12.1 Å². The molecule has 4 heteroatoms. The van der Waals surface area contributed by atoms with E-state index in [4.69, 9.17) is 5.73 Å². The predicted octanol–water partition coefficient (Wildman–Crippen LogP) is 1.90. The van der Waals surface area contributed by atoms with Gasteiger partial charge in [0.05, 0.1) is 6.20 Å². The first kappa shape index (κ1) is 8.74. The van der Waals surface area contributed by atoms with Gasteiger partial charge in [-0.1, -0.05) is 0 Å². The van der Waals surface area contributed by atoms with Crippen molar-refractivity contribution in [2.75, 3.05) is 5.73 Å². The van der Waals surface area contributed by atoms with Crippen LogP contribution in [0.4, 0.5) is 10.2 Å². The summed E-state index contributed by atoms with van der Waals surface area (Å²) in [6.45, 7) is 1.85. The zero-order chi connectivity index (χ0) is 10.1. The standard InChI is InChI=1S/C10H10FN3/c1-7-13-10(12)6-14(7)9-4-2-8(11)3-5-9/h2-6H,12H2,1H3. The molecule has 0 amide bonds. The van der Waals surface area contributed by atoms with Crippen molar-refractivity contribution in [1.29, 1.82) is 0 Å². The number of benzene rings is 1. The Morgan fingerprint density at radius 2 is 1.93 bits per heavy atom. The molecule has 2 N–H and O–H groups in total. The van der Waals surface area contributed by atoms with Gasteiger partial charge in [0.2, 0.25) is 0 Å². The monoisotopic (exact) mass is 191 g/mol. The van der Waals surface area contributed by atoms with Gasteiger partial charge in [-0.05, 0) is 31.2 Å². The topological polar surface area (TPSA) is 43.8 Å². The molecular weight excluding hydrogens is 181 g/mol. The van der Waals surface area contributed by atoms with Crippen molar-refractivity contribution in [3.8, 4) is 5.69 Å². The summed E-state index contributed by atoms with van der Waals surface area (Å²) in [5.74, 6) is 1.00. The van der Waals surface area contributed by atoms with Crippen molar-refractivity contribution in [2.24, 2.45) is 0 Å². The number of rotatable bonds is 1. The molecule has 2 aromatic rings. The highest BCUT2D eigenvalue weighted by molar-refractivity contribution is 5.38. The maximum Gasteiger partial charge on any atom is 0.142 e. The number of anilines is 1. The Kier molecular flexibility index (Phi) is 1.96. The maximum atomic E-state index is 12.7. The summed E-state index contributed by atoms with van der Waals surface area (Å²) in [5, 5.41) is 0. The third kappa shape index (κ3) is 1.46. The maximum absolute atomic E-state index is 12.7. The van der Waals surface area contributed by atoms with E-state index < -0.39 is 0 Å². The molecule has 0 aliphatic rings. The van der Waals surface area contributed by atoms with Crippen molar-refractivity contribution < 1.29 is 4.39 Å². The highest BCUT2D eigenvalue weighted by atomic mass is 19.1. The van der Waals surface area contributed by atoms with Crippen LogP contribution in [0.25, 0.3) is 5.69 Å². The summed E-state index contributed by atoms with van der Waals surface area (Å²) in [7, 11) is 0. The van der Waals surface area contributed by atoms with Crippen LogP contribution in [0.3, 0.4) is 0 Å². The first-order chi connectivity index (χ1) is 6.66. The number of nitrogens with zero attached hydrogens (tertiary/aromatic N) is 2. The first-order valence-electron chi connectivity index (χ1n) is 4.24. The fourth-order valence-corrected chi connectivity index (χ4v) is 1.36. The van der Waals surface area contributed by atoms with Gasteiger partial charge in [-0.3, -0.25) is 0 Å². The van der Waals surface area contributed by atoms with Gasteiger partial charge in [-0.25, -0.2) is 9.37 Å². The number of nitrogen functional groups attached to an aromatic ring is 1. The van der Waals surface area contributed by atoms with Crippen LogP contribution in [0.1, 0.15) is 5.82 Å². The van der Waals surface area contributed by atoms with Crippen LogP contribution in [-0.4, -0.2) is 9.55 Å². The van der Waals surface area contributed by atoms with Crippen molar-refractivity contribution in [1.82, 2.24) is 9.55 Å². The van der Waals surface area contributed by atoms with Crippen LogP contribution >= 0.6 is 0 Å². The Hall–Kier alpha value is -1.84. The SMILES string of the molecule is Cc1nc(N)cn1-c1ccc(F)cc1. The van der Waals surface area contributed by atoms with E-state index in [0.717, 1.165) is 11.5 Å². The third-order valence-corrected chi connectivity index (χ3v) is 2.01. The molecule has 1 aromatic carbocycles. The van der Waals surface area contributed by atoms with Crippen LogP contribution in [0.5, 0.6) is 0 Å². The largest absolute Gasteiger partial charge is 0.382 e. The number of aryl methyl sites for hydroxylation is 1. The Morgan fingerprint density at radius 1 is 1.29 bits per heavy atom. The molecule has 1 heterocycles. The van der Waals surface area contributed by atoms with Gasteiger partial charge in [-0.15, -0.1) is 0 Å². The van der Waals surface area contributed by atoms with Crippen LogP contribution in [0, 0.1) is 12.7 Å². The second-order valence-corrected chi connectivity index (χ2v) is 3.06. The van der Waals surface area contributed by atoms with E-state index in [-0.39, 0.29) is 5.82 Å². The van der Waals surface area contributed by atoms with Crippen molar-refractivity contribution in [3.63, 3.8) is 0 Å². The molecular formula is C10H10FN3.